The molecule has 0 aliphatic carbocycles. The Morgan fingerprint density at radius 3 is 2.69 bits per heavy atom. The highest BCUT2D eigenvalue weighted by atomic mass is 35.5. The lowest BCUT2D eigenvalue weighted by Crippen LogP contribution is -2.36. The molecule has 1 aliphatic heterocycles. The molecule has 0 spiro atoms. The third kappa shape index (κ3) is 4.58. The van der Waals surface area contributed by atoms with Gasteiger partial charge in [-0.3, -0.25) is 4.90 Å². The molecule has 2 aromatic carbocycles. The first kappa shape index (κ1) is 23.9. The SMILES string of the molecule is COC(=O)c1ccc([C@@H]2CC(c3ccsc3Cl)CCN2Cc2c(OC)cc(C)c3[nH]ccc23)cc1. The molecular formula is C28H29ClN2O3S. The van der Waals surface area contributed by atoms with Crippen LogP contribution in [0.2, 0.25) is 4.34 Å². The monoisotopic (exact) mass is 508 g/mol. The highest BCUT2D eigenvalue weighted by molar-refractivity contribution is 7.14. The van der Waals surface area contributed by atoms with Crippen molar-refractivity contribution in [3.05, 3.63) is 86.2 Å². The molecule has 1 unspecified atom stereocenters. The van der Waals surface area contributed by atoms with Gasteiger partial charge in [0, 0.05) is 35.2 Å². The Morgan fingerprint density at radius 1 is 1.20 bits per heavy atom. The molecule has 0 bridgehead atoms. The molecule has 35 heavy (non-hydrogen) atoms. The number of hydrogen-bond donors (Lipinski definition) is 1. The van der Waals surface area contributed by atoms with Crippen LogP contribution in [0.3, 0.4) is 0 Å². The van der Waals surface area contributed by atoms with Gasteiger partial charge in [0.05, 0.1) is 24.1 Å². The quantitative estimate of drug-likeness (QED) is 0.282. The van der Waals surface area contributed by atoms with E-state index in [9.17, 15) is 4.79 Å². The number of aromatic nitrogens is 1. The van der Waals surface area contributed by atoms with E-state index in [1.165, 1.54) is 34.7 Å². The van der Waals surface area contributed by atoms with Crippen molar-refractivity contribution in [2.45, 2.75) is 38.3 Å². The lowest BCUT2D eigenvalue weighted by Gasteiger charge is -2.40. The number of carbonyl (C=O) groups excluding carboxylic acids is 1. The summed E-state index contributed by atoms with van der Waals surface area (Å²) < 4.78 is 11.6. The summed E-state index contributed by atoms with van der Waals surface area (Å²) in [5.74, 6) is 0.985. The largest absolute Gasteiger partial charge is 0.496 e. The molecule has 3 heterocycles. The molecule has 5 rings (SSSR count). The van der Waals surface area contributed by atoms with Gasteiger partial charge in [0.25, 0.3) is 0 Å². The summed E-state index contributed by atoms with van der Waals surface area (Å²) >= 11 is 8.14. The van der Waals surface area contributed by atoms with Gasteiger partial charge in [-0.15, -0.1) is 11.3 Å². The molecule has 1 fully saturated rings. The van der Waals surface area contributed by atoms with Gasteiger partial charge in [-0.2, -0.15) is 0 Å². The van der Waals surface area contributed by atoms with Crippen LogP contribution in [0.25, 0.3) is 10.9 Å². The zero-order chi connectivity index (χ0) is 24.5. The third-order valence-corrected chi connectivity index (χ3v) is 8.41. The summed E-state index contributed by atoms with van der Waals surface area (Å²) in [7, 11) is 3.15. The Kier molecular flexibility index (Phi) is 6.87. The number of fused-ring (bicyclic) bond motifs is 1. The van der Waals surface area contributed by atoms with Crippen LogP contribution in [0, 0.1) is 6.92 Å². The van der Waals surface area contributed by atoms with Crippen molar-refractivity contribution in [1.82, 2.24) is 9.88 Å². The maximum atomic E-state index is 12.0. The first-order chi connectivity index (χ1) is 17.0. The topological polar surface area (TPSA) is 54.6 Å². The Morgan fingerprint density at radius 2 is 2.00 bits per heavy atom. The van der Waals surface area contributed by atoms with Crippen molar-refractivity contribution in [2.75, 3.05) is 20.8 Å². The van der Waals surface area contributed by atoms with E-state index in [0.29, 0.717) is 11.5 Å². The average Bonchev–Trinajstić information content (AvgIpc) is 3.55. The van der Waals surface area contributed by atoms with E-state index in [0.717, 1.165) is 41.5 Å². The van der Waals surface area contributed by atoms with Gasteiger partial charge < -0.3 is 14.5 Å². The summed E-state index contributed by atoms with van der Waals surface area (Å²) in [4.78, 5) is 17.9. The smallest absolute Gasteiger partial charge is 0.337 e. The highest BCUT2D eigenvalue weighted by Gasteiger charge is 2.32. The van der Waals surface area contributed by atoms with Gasteiger partial charge in [0.15, 0.2) is 0 Å². The molecule has 1 N–H and O–H groups in total. The molecule has 4 aromatic rings. The second kappa shape index (κ2) is 10.1. The van der Waals surface area contributed by atoms with E-state index in [1.807, 2.05) is 18.3 Å². The number of rotatable bonds is 6. The predicted octanol–water partition coefficient (Wildman–Crippen LogP) is 7.11. The van der Waals surface area contributed by atoms with Crippen molar-refractivity contribution in [3.63, 3.8) is 0 Å². The number of likely N-dealkylation sites (tertiary alicyclic amines) is 1. The Hall–Kier alpha value is -2.80. The fraction of sp³-hybridized carbons (Fsp3) is 0.321. The minimum absolute atomic E-state index is 0.177. The Bertz CT molecular complexity index is 1340. The molecule has 1 aliphatic rings. The summed E-state index contributed by atoms with van der Waals surface area (Å²) in [6, 6.07) is 14.4. The summed E-state index contributed by atoms with van der Waals surface area (Å²) in [5, 5.41) is 3.27. The number of nitrogens with one attached hydrogen (secondary N) is 1. The number of piperidine rings is 1. The zero-order valence-corrected chi connectivity index (χ0v) is 21.7. The van der Waals surface area contributed by atoms with Crippen LogP contribution in [0.15, 0.2) is 54.0 Å². The van der Waals surface area contributed by atoms with E-state index in [1.54, 1.807) is 18.4 Å². The van der Waals surface area contributed by atoms with Crippen LogP contribution in [-0.4, -0.2) is 36.6 Å². The number of H-pyrrole nitrogens is 1. The molecule has 0 saturated carbocycles. The molecule has 0 amide bonds. The number of halogens is 1. The third-order valence-electron chi connectivity index (χ3n) is 7.21. The normalized spacial score (nSPS) is 18.6. The van der Waals surface area contributed by atoms with Crippen LogP contribution in [0.4, 0.5) is 0 Å². The van der Waals surface area contributed by atoms with Gasteiger partial charge in [0.1, 0.15) is 5.75 Å². The number of carbonyl (C=O) groups is 1. The fourth-order valence-corrected chi connectivity index (χ4v) is 6.45. The van der Waals surface area contributed by atoms with Crippen LogP contribution >= 0.6 is 22.9 Å². The van der Waals surface area contributed by atoms with Crippen molar-refractivity contribution < 1.29 is 14.3 Å². The molecule has 182 valence electrons. The molecule has 7 heteroatoms. The molecule has 2 aromatic heterocycles. The number of methoxy groups -OCH3 is 2. The van der Waals surface area contributed by atoms with Gasteiger partial charge in [-0.25, -0.2) is 4.79 Å². The maximum Gasteiger partial charge on any atom is 0.337 e. The average molecular weight is 509 g/mol. The fourth-order valence-electron chi connectivity index (χ4n) is 5.37. The second-order valence-electron chi connectivity index (χ2n) is 9.11. The van der Waals surface area contributed by atoms with Crippen LogP contribution < -0.4 is 4.74 Å². The van der Waals surface area contributed by atoms with E-state index in [4.69, 9.17) is 21.1 Å². The van der Waals surface area contributed by atoms with Crippen molar-refractivity contribution in [2.24, 2.45) is 0 Å². The molecule has 0 radical (unpaired) electrons. The number of hydrogen-bond acceptors (Lipinski definition) is 5. The van der Waals surface area contributed by atoms with Crippen molar-refractivity contribution in [3.8, 4) is 5.75 Å². The number of thiophene rings is 1. The zero-order valence-electron chi connectivity index (χ0n) is 20.1. The van der Waals surface area contributed by atoms with Gasteiger partial charge in [-0.1, -0.05) is 23.7 Å². The van der Waals surface area contributed by atoms with Crippen molar-refractivity contribution in [1.29, 1.82) is 0 Å². The van der Waals surface area contributed by atoms with Gasteiger partial charge >= 0.3 is 5.97 Å². The highest BCUT2D eigenvalue weighted by Crippen LogP contribution is 2.44. The van der Waals surface area contributed by atoms with E-state index in [2.05, 4.69) is 52.5 Å². The molecule has 5 nitrogen and oxygen atoms in total. The number of ether oxygens (including phenoxy) is 2. The van der Waals surface area contributed by atoms with Crippen LogP contribution in [-0.2, 0) is 11.3 Å². The summed E-state index contributed by atoms with van der Waals surface area (Å²) in [6.07, 6.45) is 3.99. The number of aryl methyl sites for hydroxylation is 1. The lowest BCUT2D eigenvalue weighted by atomic mass is 9.83. The second-order valence-corrected chi connectivity index (χ2v) is 10.6. The van der Waals surface area contributed by atoms with Crippen LogP contribution in [0.5, 0.6) is 5.75 Å². The Balaban J connectivity index is 1.51. The summed E-state index contributed by atoms with van der Waals surface area (Å²) in [5.41, 5.74) is 6.51. The lowest BCUT2D eigenvalue weighted by molar-refractivity contribution is 0.0600. The molecule has 2 atom stereocenters. The number of nitrogens with zero attached hydrogens (tertiary/aromatic N) is 1. The maximum absolute atomic E-state index is 12.0. The standard InChI is InChI=1S/C28H29ClN2O3S/c1-17-14-25(33-2)23(22-8-11-30-26(17)22)16-31-12-9-20(21-10-13-35-27(21)29)15-24(31)18-4-6-19(7-5-18)28(32)34-3/h4-8,10-11,13-14,20,24,30H,9,12,15-16H2,1-3H3/t20?,24-/m0/s1. The molecular weight excluding hydrogens is 480 g/mol. The minimum atomic E-state index is -0.320. The summed E-state index contributed by atoms with van der Waals surface area (Å²) in [6.45, 7) is 3.81. The van der Waals surface area contributed by atoms with Crippen molar-refractivity contribution >= 4 is 39.8 Å². The van der Waals surface area contributed by atoms with E-state index < -0.39 is 0 Å². The number of esters is 1. The first-order valence-corrected chi connectivity index (χ1v) is 13.0. The van der Waals surface area contributed by atoms with Crippen LogP contribution in [0.1, 0.15) is 57.4 Å². The van der Waals surface area contributed by atoms with E-state index in [-0.39, 0.29) is 12.0 Å². The van der Waals surface area contributed by atoms with Gasteiger partial charge in [0.2, 0.25) is 0 Å². The number of benzene rings is 2. The Labute approximate surface area is 214 Å². The minimum Gasteiger partial charge on any atom is -0.496 e. The molecule has 1 saturated heterocycles. The predicted molar refractivity (Wildman–Crippen MR) is 142 cm³/mol. The van der Waals surface area contributed by atoms with Gasteiger partial charge in [-0.05, 0) is 84.6 Å². The number of aromatic amines is 1. The first-order valence-electron chi connectivity index (χ1n) is 11.8. The van der Waals surface area contributed by atoms with E-state index >= 15 is 0 Å².